The number of allylic oxidation sites excluding steroid dienone is 3. The number of nitrogens with zero attached hydrogens (tertiary/aromatic N) is 4. The van der Waals surface area contributed by atoms with Crippen molar-refractivity contribution in [2.24, 2.45) is 38.7 Å². The molecule has 10 heteroatoms. The molecular weight excluding hydrogens is 516 g/mol. The molecule has 1 saturated heterocycles. The molecule has 1 aromatic rings. The van der Waals surface area contributed by atoms with Gasteiger partial charge in [0.1, 0.15) is 0 Å². The van der Waals surface area contributed by atoms with E-state index in [1.54, 1.807) is 38.6 Å². The molecule has 0 radical (unpaired) electrons. The molecule has 6 N–H and O–H groups in total. The van der Waals surface area contributed by atoms with Gasteiger partial charge in [0.15, 0.2) is 0 Å². The Kier molecular flexibility index (Phi) is 12.2. The molecule has 2 amide bonds. The standard InChI is InChI=1S/C31H46N8O2/c1-9-20(3)26(22(12-32)14-34-8)16-36-27(10-2)25(13-33)30(41)38-28-11-24(15-35-21(28)4)37-29(40)23-17-39(18-23)19-31(5,6)7/h10-16,20,23H,2,9,17-19,32-33H2,1,3-8H3,(H,37,40)(H,38,41)/b22-12+,25-13+,26-16+,34-14?,36-27-. The third-order valence-electron chi connectivity index (χ3n) is 6.78. The van der Waals surface area contributed by atoms with Gasteiger partial charge in [-0.05, 0) is 42.4 Å². The van der Waals surface area contributed by atoms with Crippen molar-refractivity contribution >= 4 is 35.1 Å². The smallest absolute Gasteiger partial charge is 0.259 e. The van der Waals surface area contributed by atoms with Crippen molar-refractivity contribution in [2.45, 2.75) is 48.0 Å². The van der Waals surface area contributed by atoms with Gasteiger partial charge in [-0.1, -0.05) is 41.2 Å². The molecular formula is C31H46N8O2. The van der Waals surface area contributed by atoms with Crippen LogP contribution in [0.5, 0.6) is 0 Å². The van der Waals surface area contributed by atoms with Crippen LogP contribution in [0, 0.1) is 24.2 Å². The fourth-order valence-corrected chi connectivity index (χ4v) is 4.41. The number of likely N-dealkylation sites (tertiary alicyclic amines) is 1. The third-order valence-corrected chi connectivity index (χ3v) is 6.78. The Bertz CT molecular complexity index is 1260. The Labute approximate surface area is 244 Å². The molecule has 1 fully saturated rings. The minimum absolute atomic E-state index is 0.0652. The number of carbonyl (C=O) groups excluding carboxylic acids is 2. The van der Waals surface area contributed by atoms with Crippen molar-refractivity contribution < 1.29 is 9.59 Å². The summed E-state index contributed by atoms with van der Waals surface area (Å²) in [4.78, 5) is 41.3. The molecule has 0 aliphatic carbocycles. The monoisotopic (exact) mass is 562 g/mol. The summed E-state index contributed by atoms with van der Waals surface area (Å²) >= 11 is 0. The van der Waals surface area contributed by atoms with Crippen LogP contribution in [0.2, 0.25) is 0 Å². The van der Waals surface area contributed by atoms with Gasteiger partial charge in [0.05, 0.1) is 40.5 Å². The van der Waals surface area contributed by atoms with Crippen molar-refractivity contribution in [3.63, 3.8) is 0 Å². The van der Waals surface area contributed by atoms with E-state index >= 15 is 0 Å². The van der Waals surface area contributed by atoms with Crippen LogP contribution in [0.25, 0.3) is 0 Å². The first-order valence-corrected chi connectivity index (χ1v) is 13.9. The Hall–Kier alpha value is -4.05. The molecule has 222 valence electrons. The molecule has 1 aromatic heterocycles. The van der Waals surface area contributed by atoms with E-state index in [9.17, 15) is 9.59 Å². The Balaban J connectivity index is 2.21. The van der Waals surface area contributed by atoms with E-state index in [0.29, 0.717) is 17.1 Å². The lowest BCUT2D eigenvalue weighted by molar-refractivity contribution is -0.125. The predicted molar refractivity (Wildman–Crippen MR) is 170 cm³/mol. The number of hydrogen-bond donors (Lipinski definition) is 4. The van der Waals surface area contributed by atoms with Gasteiger partial charge < -0.3 is 27.0 Å². The molecule has 1 unspecified atom stereocenters. The largest absolute Gasteiger partial charge is 0.404 e. The SMILES string of the molecule is C=CC(=N/C=C(/C(C=NC)=C/N)C(C)CC)/C(=C\N)C(=O)Nc1cc(NC(=O)C2CN(CC(C)(C)C)C2)cnc1C. The van der Waals surface area contributed by atoms with Crippen molar-refractivity contribution in [2.75, 3.05) is 37.3 Å². The number of pyridine rings is 1. The van der Waals surface area contributed by atoms with E-state index in [1.165, 1.54) is 18.5 Å². The van der Waals surface area contributed by atoms with Gasteiger partial charge >= 0.3 is 0 Å². The van der Waals surface area contributed by atoms with Gasteiger partial charge in [-0.25, -0.2) is 0 Å². The summed E-state index contributed by atoms with van der Waals surface area (Å²) in [6, 6.07) is 1.69. The number of carbonyl (C=O) groups is 2. The molecule has 41 heavy (non-hydrogen) atoms. The fraction of sp³-hybridized carbons (Fsp3) is 0.452. The summed E-state index contributed by atoms with van der Waals surface area (Å²) < 4.78 is 0. The minimum atomic E-state index is -0.487. The van der Waals surface area contributed by atoms with Crippen LogP contribution in [-0.2, 0) is 9.59 Å². The maximum absolute atomic E-state index is 13.3. The molecule has 0 saturated carbocycles. The average molecular weight is 563 g/mol. The van der Waals surface area contributed by atoms with Crippen LogP contribution < -0.4 is 22.1 Å². The Morgan fingerprint density at radius 2 is 1.93 bits per heavy atom. The van der Waals surface area contributed by atoms with Gasteiger partial charge in [0.2, 0.25) is 5.91 Å². The number of rotatable bonds is 12. The van der Waals surface area contributed by atoms with Crippen LogP contribution in [0.1, 0.15) is 46.7 Å². The highest BCUT2D eigenvalue weighted by atomic mass is 16.2. The quantitative estimate of drug-likeness (QED) is 0.170. The maximum atomic E-state index is 13.3. The van der Waals surface area contributed by atoms with Gasteiger partial charge in [0, 0.05) is 57.1 Å². The van der Waals surface area contributed by atoms with E-state index in [1.807, 2.05) is 0 Å². The normalized spacial score (nSPS) is 16.9. The zero-order valence-corrected chi connectivity index (χ0v) is 25.5. The number of aryl methyl sites for hydroxylation is 1. The number of amides is 2. The number of nitrogens with one attached hydrogen (secondary N) is 2. The molecule has 0 aromatic carbocycles. The van der Waals surface area contributed by atoms with Crippen LogP contribution in [0.4, 0.5) is 11.4 Å². The van der Waals surface area contributed by atoms with Gasteiger partial charge in [-0.3, -0.25) is 24.6 Å². The highest BCUT2D eigenvalue weighted by Crippen LogP contribution is 2.25. The predicted octanol–water partition coefficient (Wildman–Crippen LogP) is 4.19. The summed E-state index contributed by atoms with van der Waals surface area (Å²) in [7, 11) is 1.67. The Morgan fingerprint density at radius 1 is 1.24 bits per heavy atom. The van der Waals surface area contributed by atoms with E-state index in [2.05, 4.69) is 71.7 Å². The average Bonchev–Trinajstić information content (AvgIpc) is 2.90. The van der Waals surface area contributed by atoms with E-state index in [-0.39, 0.29) is 34.4 Å². The van der Waals surface area contributed by atoms with Crippen LogP contribution >= 0.6 is 0 Å². The van der Waals surface area contributed by atoms with E-state index in [4.69, 9.17) is 11.5 Å². The van der Waals surface area contributed by atoms with Crippen molar-refractivity contribution in [1.82, 2.24) is 9.88 Å². The first-order chi connectivity index (χ1) is 19.4. The van der Waals surface area contributed by atoms with Crippen LogP contribution in [-0.4, -0.2) is 60.3 Å². The zero-order valence-electron chi connectivity index (χ0n) is 25.5. The number of hydrogen-bond acceptors (Lipinski definition) is 8. The van der Waals surface area contributed by atoms with E-state index < -0.39 is 5.91 Å². The number of anilines is 2. The van der Waals surface area contributed by atoms with Gasteiger partial charge in [0.25, 0.3) is 5.91 Å². The molecule has 10 nitrogen and oxygen atoms in total. The summed E-state index contributed by atoms with van der Waals surface area (Å²) in [5.41, 5.74) is 15.4. The molecule has 1 aliphatic rings. The number of aromatic nitrogens is 1. The maximum Gasteiger partial charge on any atom is 0.259 e. The van der Waals surface area contributed by atoms with Crippen molar-refractivity contribution in [3.05, 3.63) is 65.9 Å². The van der Waals surface area contributed by atoms with Crippen molar-refractivity contribution in [1.29, 1.82) is 0 Å². The first-order valence-electron chi connectivity index (χ1n) is 13.9. The topological polar surface area (TPSA) is 151 Å². The lowest BCUT2D eigenvalue weighted by atomic mass is 9.91. The molecule has 1 aliphatic heterocycles. The second-order valence-corrected chi connectivity index (χ2v) is 11.5. The third kappa shape index (κ3) is 9.53. The number of nitrogens with two attached hydrogens (primary N) is 2. The molecule has 0 bridgehead atoms. The molecule has 2 rings (SSSR count). The van der Waals surface area contributed by atoms with Gasteiger partial charge in [-0.2, -0.15) is 0 Å². The highest BCUT2D eigenvalue weighted by molar-refractivity contribution is 6.29. The summed E-state index contributed by atoms with van der Waals surface area (Å²) in [5.74, 6) is -0.490. The summed E-state index contributed by atoms with van der Waals surface area (Å²) in [6.45, 7) is 18.6. The molecule has 0 spiro atoms. The second-order valence-electron chi connectivity index (χ2n) is 11.5. The van der Waals surface area contributed by atoms with Gasteiger partial charge in [-0.15, -0.1) is 0 Å². The summed E-state index contributed by atoms with van der Waals surface area (Å²) in [6.07, 6.45) is 9.90. The second kappa shape index (κ2) is 15.1. The fourth-order valence-electron chi connectivity index (χ4n) is 4.41. The van der Waals surface area contributed by atoms with E-state index in [0.717, 1.165) is 37.2 Å². The zero-order chi connectivity index (χ0) is 30.7. The van der Waals surface area contributed by atoms with Crippen LogP contribution in [0.15, 0.2) is 70.2 Å². The number of aliphatic imine (C=N–C) groups is 2. The summed E-state index contributed by atoms with van der Waals surface area (Å²) in [5, 5.41) is 5.77. The lowest BCUT2D eigenvalue weighted by Crippen LogP contribution is -2.54. The highest BCUT2D eigenvalue weighted by Gasteiger charge is 2.34. The molecule has 2 heterocycles. The first kappa shape index (κ1) is 33.2. The lowest BCUT2D eigenvalue weighted by Gasteiger charge is -2.41. The minimum Gasteiger partial charge on any atom is -0.404 e. The van der Waals surface area contributed by atoms with Crippen molar-refractivity contribution in [3.8, 4) is 0 Å². The Morgan fingerprint density at radius 3 is 2.46 bits per heavy atom. The van der Waals surface area contributed by atoms with Crippen LogP contribution in [0.3, 0.4) is 0 Å². The molecule has 1 atom stereocenters.